The summed E-state index contributed by atoms with van der Waals surface area (Å²) in [6, 6.07) is 1.30. The second-order valence-electron chi connectivity index (χ2n) is 6.34. The zero-order valence-electron chi connectivity index (χ0n) is 13.0. The average molecular weight is 284 g/mol. The predicted molar refractivity (Wildman–Crippen MR) is 82.0 cm³/mol. The van der Waals surface area contributed by atoms with Gasteiger partial charge in [-0.25, -0.2) is 0 Å². The number of fused-ring (bicyclic) bond motifs is 1. The van der Waals surface area contributed by atoms with Gasteiger partial charge in [0.1, 0.15) is 0 Å². The number of aliphatic hydroxyl groups is 1. The largest absolute Gasteiger partial charge is 0.389 e. The lowest BCUT2D eigenvalue weighted by Gasteiger charge is -2.22. The topological polar surface area (TPSA) is 44.7 Å². The summed E-state index contributed by atoms with van der Waals surface area (Å²) in [7, 11) is 0. The first kappa shape index (κ1) is 16.2. The summed E-state index contributed by atoms with van der Waals surface area (Å²) < 4.78 is 5.54. The molecule has 0 bridgehead atoms. The van der Waals surface area contributed by atoms with Gasteiger partial charge in [0, 0.05) is 31.8 Å². The summed E-state index contributed by atoms with van der Waals surface area (Å²) in [5.41, 5.74) is 0. The van der Waals surface area contributed by atoms with Crippen LogP contribution in [0.25, 0.3) is 0 Å². The van der Waals surface area contributed by atoms with Gasteiger partial charge >= 0.3 is 0 Å². The van der Waals surface area contributed by atoms with Crippen LogP contribution >= 0.6 is 0 Å². The molecule has 0 aromatic heterocycles. The Morgan fingerprint density at radius 2 is 2.15 bits per heavy atom. The molecule has 4 nitrogen and oxygen atoms in total. The molecular formula is C16H32N2O2. The van der Waals surface area contributed by atoms with Crippen molar-refractivity contribution in [3.05, 3.63) is 0 Å². The summed E-state index contributed by atoms with van der Waals surface area (Å²) in [5, 5.41) is 13.5. The number of rotatable bonds is 10. The molecule has 0 aromatic rings. The van der Waals surface area contributed by atoms with Crippen LogP contribution in [0.1, 0.15) is 51.9 Å². The van der Waals surface area contributed by atoms with Gasteiger partial charge in [-0.15, -0.1) is 0 Å². The van der Waals surface area contributed by atoms with Gasteiger partial charge in [-0.2, -0.15) is 0 Å². The zero-order valence-corrected chi connectivity index (χ0v) is 13.0. The maximum Gasteiger partial charge on any atom is 0.0897 e. The Bertz CT molecular complexity index is 263. The van der Waals surface area contributed by atoms with Crippen LogP contribution in [0.15, 0.2) is 0 Å². The first-order valence-electron chi connectivity index (χ1n) is 8.54. The molecule has 2 rings (SSSR count). The fourth-order valence-electron chi connectivity index (χ4n) is 3.52. The van der Waals surface area contributed by atoms with E-state index in [1.807, 2.05) is 0 Å². The van der Waals surface area contributed by atoms with Crippen molar-refractivity contribution in [1.29, 1.82) is 0 Å². The van der Waals surface area contributed by atoms with Crippen molar-refractivity contribution in [2.75, 3.05) is 32.8 Å². The van der Waals surface area contributed by atoms with E-state index < -0.39 is 0 Å². The smallest absolute Gasteiger partial charge is 0.0897 e. The van der Waals surface area contributed by atoms with Crippen molar-refractivity contribution in [2.24, 2.45) is 0 Å². The Balaban J connectivity index is 1.49. The van der Waals surface area contributed by atoms with Crippen LogP contribution in [-0.2, 0) is 4.74 Å². The number of ether oxygens (including phenoxy) is 1. The maximum atomic E-state index is 9.95. The number of aliphatic hydroxyl groups excluding tert-OH is 1. The Hall–Kier alpha value is -0.160. The Labute approximate surface area is 123 Å². The molecule has 2 heterocycles. The number of hydrogen-bond donors (Lipinski definition) is 2. The molecule has 2 aliphatic heterocycles. The van der Waals surface area contributed by atoms with Crippen molar-refractivity contribution in [1.82, 2.24) is 10.2 Å². The molecule has 0 aromatic carbocycles. The molecule has 0 spiro atoms. The van der Waals surface area contributed by atoms with Crippen molar-refractivity contribution in [3.63, 3.8) is 0 Å². The maximum absolute atomic E-state index is 9.95. The summed E-state index contributed by atoms with van der Waals surface area (Å²) >= 11 is 0. The molecule has 3 unspecified atom stereocenters. The third-order valence-electron chi connectivity index (χ3n) is 4.67. The molecule has 0 aliphatic carbocycles. The Morgan fingerprint density at radius 3 is 3.00 bits per heavy atom. The van der Waals surface area contributed by atoms with E-state index in [0.29, 0.717) is 19.2 Å². The quantitative estimate of drug-likeness (QED) is 0.600. The van der Waals surface area contributed by atoms with E-state index >= 15 is 0 Å². The van der Waals surface area contributed by atoms with E-state index in [2.05, 4.69) is 17.1 Å². The van der Waals surface area contributed by atoms with Gasteiger partial charge in [0.25, 0.3) is 0 Å². The first-order valence-corrected chi connectivity index (χ1v) is 8.54. The highest BCUT2D eigenvalue weighted by molar-refractivity contribution is 4.95. The molecular weight excluding hydrogens is 252 g/mol. The molecule has 0 amide bonds. The zero-order chi connectivity index (χ0) is 14.2. The standard InChI is InChI=1S/C16H32N2O2/c1-2-3-4-5-11-20-13-14(19)12-17-15-8-10-18-9-6-7-16(15)18/h14-17,19H,2-13H2,1H3. The molecule has 2 saturated heterocycles. The highest BCUT2D eigenvalue weighted by atomic mass is 16.5. The van der Waals surface area contributed by atoms with E-state index in [9.17, 15) is 5.11 Å². The van der Waals surface area contributed by atoms with Gasteiger partial charge in [0.05, 0.1) is 12.7 Å². The van der Waals surface area contributed by atoms with Gasteiger partial charge in [0.15, 0.2) is 0 Å². The molecule has 2 aliphatic rings. The van der Waals surface area contributed by atoms with Crippen molar-refractivity contribution in [3.8, 4) is 0 Å². The third kappa shape index (κ3) is 4.99. The lowest BCUT2D eigenvalue weighted by atomic mass is 10.1. The van der Waals surface area contributed by atoms with Gasteiger partial charge in [0.2, 0.25) is 0 Å². The molecule has 2 N–H and O–H groups in total. The minimum Gasteiger partial charge on any atom is -0.389 e. The lowest BCUT2D eigenvalue weighted by Crippen LogP contribution is -2.43. The van der Waals surface area contributed by atoms with Crippen LogP contribution in [0.5, 0.6) is 0 Å². The van der Waals surface area contributed by atoms with Crippen LogP contribution in [0.4, 0.5) is 0 Å². The van der Waals surface area contributed by atoms with Crippen molar-refractivity contribution < 1.29 is 9.84 Å². The van der Waals surface area contributed by atoms with E-state index in [0.717, 1.165) is 19.1 Å². The van der Waals surface area contributed by atoms with Gasteiger partial charge in [-0.05, 0) is 32.2 Å². The van der Waals surface area contributed by atoms with Crippen LogP contribution in [-0.4, -0.2) is 61.0 Å². The van der Waals surface area contributed by atoms with Crippen molar-refractivity contribution in [2.45, 2.75) is 70.1 Å². The van der Waals surface area contributed by atoms with Crippen LogP contribution in [0.2, 0.25) is 0 Å². The predicted octanol–water partition coefficient (Wildman–Crippen LogP) is 1.77. The first-order chi connectivity index (χ1) is 9.81. The van der Waals surface area contributed by atoms with E-state index in [4.69, 9.17) is 4.74 Å². The highest BCUT2D eigenvalue weighted by Gasteiger charge is 2.36. The number of nitrogens with zero attached hydrogens (tertiary/aromatic N) is 1. The summed E-state index contributed by atoms with van der Waals surface area (Å²) in [5.74, 6) is 0. The SMILES string of the molecule is CCCCCCOCC(O)CNC1CCN2CCCC12. The van der Waals surface area contributed by atoms with Crippen molar-refractivity contribution >= 4 is 0 Å². The molecule has 118 valence electrons. The van der Waals surface area contributed by atoms with E-state index in [1.165, 1.54) is 51.6 Å². The fourth-order valence-corrected chi connectivity index (χ4v) is 3.52. The normalized spacial score (nSPS) is 27.9. The molecule has 0 radical (unpaired) electrons. The summed E-state index contributed by atoms with van der Waals surface area (Å²) in [6.07, 6.45) is 8.43. The van der Waals surface area contributed by atoms with Crippen LogP contribution < -0.4 is 5.32 Å². The second kappa shape index (κ2) is 8.98. The second-order valence-corrected chi connectivity index (χ2v) is 6.34. The third-order valence-corrected chi connectivity index (χ3v) is 4.67. The minimum absolute atomic E-state index is 0.364. The highest BCUT2D eigenvalue weighted by Crippen LogP contribution is 2.27. The number of hydrogen-bond acceptors (Lipinski definition) is 4. The Morgan fingerprint density at radius 1 is 1.25 bits per heavy atom. The monoisotopic (exact) mass is 284 g/mol. The fraction of sp³-hybridized carbons (Fsp3) is 1.00. The van der Waals surface area contributed by atoms with Gasteiger partial charge in [-0.1, -0.05) is 26.2 Å². The average Bonchev–Trinajstić information content (AvgIpc) is 3.04. The Kier molecular flexibility index (Phi) is 7.28. The molecule has 2 fully saturated rings. The number of nitrogens with one attached hydrogen (secondary N) is 1. The van der Waals surface area contributed by atoms with Gasteiger partial charge in [-0.3, -0.25) is 4.90 Å². The number of unbranched alkanes of at least 4 members (excludes halogenated alkanes) is 3. The van der Waals surface area contributed by atoms with Crippen LogP contribution in [0.3, 0.4) is 0 Å². The van der Waals surface area contributed by atoms with Crippen LogP contribution in [0, 0.1) is 0 Å². The summed E-state index contributed by atoms with van der Waals surface area (Å²) in [4.78, 5) is 2.59. The minimum atomic E-state index is -0.364. The lowest BCUT2D eigenvalue weighted by molar-refractivity contribution is 0.0337. The molecule has 0 saturated carbocycles. The van der Waals surface area contributed by atoms with Gasteiger partial charge < -0.3 is 15.2 Å². The molecule has 4 heteroatoms. The molecule has 20 heavy (non-hydrogen) atoms. The summed E-state index contributed by atoms with van der Waals surface area (Å²) in [6.45, 7) is 6.64. The van der Waals surface area contributed by atoms with E-state index in [-0.39, 0.29) is 6.10 Å². The van der Waals surface area contributed by atoms with E-state index in [1.54, 1.807) is 0 Å². The molecule has 3 atom stereocenters.